The number of benzene rings is 1. The number of hydrogen-bond donors (Lipinski definition) is 0. The summed E-state index contributed by atoms with van der Waals surface area (Å²) in [6.07, 6.45) is 1.88. The molecule has 0 radical (unpaired) electrons. The molecule has 21 heavy (non-hydrogen) atoms. The predicted octanol–water partition coefficient (Wildman–Crippen LogP) is 1.72. The van der Waals surface area contributed by atoms with Crippen LogP contribution in [0.2, 0.25) is 5.02 Å². The lowest BCUT2D eigenvalue weighted by molar-refractivity contribution is -0.384. The van der Waals surface area contributed by atoms with Gasteiger partial charge in [0, 0.05) is 38.3 Å². The van der Waals surface area contributed by atoms with Crippen molar-refractivity contribution >= 4 is 33.0 Å². The lowest BCUT2D eigenvalue weighted by atomic mass is 10.2. The quantitative estimate of drug-likeness (QED) is 0.621. The average molecular weight is 334 g/mol. The molecule has 0 saturated carbocycles. The molecule has 1 aromatic carbocycles. The van der Waals surface area contributed by atoms with Crippen LogP contribution in [0.3, 0.4) is 0 Å². The maximum atomic E-state index is 11.6. The van der Waals surface area contributed by atoms with Crippen LogP contribution in [-0.2, 0) is 10.0 Å². The molecule has 0 N–H and O–H groups in total. The fraction of sp³-hybridized carbons (Fsp3) is 0.500. The van der Waals surface area contributed by atoms with Crippen molar-refractivity contribution in [3.05, 3.63) is 33.3 Å². The van der Waals surface area contributed by atoms with Crippen LogP contribution in [0.4, 0.5) is 11.4 Å². The maximum absolute atomic E-state index is 11.6. The molecular formula is C12H16ClN3O4S. The van der Waals surface area contributed by atoms with Crippen molar-refractivity contribution < 1.29 is 13.3 Å². The van der Waals surface area contributed by atoms with E-state index >= 15 is 0 Å². The van der Waals surface area contributed by atoms with E-state index in [2.05, 4.69) is 0 Å². The largest absolute Gasteiger partial charge is 0.369 e. The van der Waals surface area contributed by atoms with Crippen LogP contribution >= 0.6 is 11.6 Å². The van der Waals surface area contributed by atoms with Crippen molar-refractivity contribution in [1.29, 1.82) is 0 Å². The summed E-state index contributed by atoms with van der Waals surface area (Å²) in [6.45, 7) is 2.01. The van der Waals surface area contributed by atoms with Gasteiger partial charge in [0.25, 0.3) is 5.69 Å². The predicted molar refractivity (Wildman–Crippen MR) is 81.4 cm³/mol. The van der Waals surface area contributed by atoms with Gasteiger partial charge in [0.15, 0.2) is 0 Å². The molecule has 0 aliphatic carbocycles. The first-order chi connectivity index (χ1) is 9.79. The summed E-state index contributed by atoms with van der Waals surface area (Å²) >= 11 is 6.11. The summed E-state index contributed by atoms with van der Waals surface area (Å²) in [5, 5.41) is 11.0. The molecule has 1 saturated heterocycles. The molecular weight excluding hydrogens is 318 g/mol. The van der Waals surface area contributed by atoms with Crippen molar-refractivity contribution in [2.45, 2.75) is 6.42 Å². The Bertz CT molecular complexity index is 650. The number of sulfonamides is 1. The number of nitro benzene ring substituents is 1. The molecule has 0 amide bonds. The van der Waals surface area contributed by atoms with Gasteiger partial charge < -0.3 is 4.90 Å². The fourth-order valence-electron chi connectivity index (χ4n) is 2.33. The van der Waals surface area contributed by atoms with Crippen molar-refractivity contribution in [1.82, 2.24) is 4.31 Å². The van der Waals surface area contributed by atoms with Gasteiger partial charge in [0.05, 0.1) is 21.9 Å². The van der Waals surface area contributed by atoms with Crippen LogP contribution in [0.15, 0.2) is 18.2 Å². The number of halogens is 1. The minimum atomic E-state index is -3.20. The van der Waals surface area contributed by atoms with E-state index in [-0.39, 0.29) is 5.69 Å². The normalized spacial score (nSPS) is 17.5. The highest BCUT2D eigenvalue weighted by Gasteiger charge is 2.23. The van der Waals surface area contributed by atoms with E-state index in [1.807, 2.05) is 4.90 Å². The van der Waals surface area contributed by atoms with Gasteiger partial charge in [-0.2, -0.15) is 0 Å². The van der Waals surface area contributed by atoms with Crippen LogP contribution in [-0.4, -0.2) is 50.1 Å². The highest BCUT2D eigenvalue weighted by Crippen LogP contribution is 2.30. The Balaban J connectivity index is 2.18. The molecule has 1 heterocycles. The van der Waals surface area contributed by atoms with Crippen LogP contribution < -0.4 is 4.90 Å². The summed E-state index contributed by atoms with van der Waals surface area (Å²) in [7, 11) is -3.20. The Kier molecular flexibility index (Phi) is 4.70. The van der Waals surface area contributed by atoms with Gasteiger partial charge in [-0.3, -0.25) is 10.1 Å². The number of nitrogens with zero attached hydrogens (tertiary/aromatic N) is 3. The molecule has 1 aliphatic heterocycles. The van der Waals surface area contributed by atoms with Gasteiger partial charge in [0.2, 0.25) is 10.0 Å². The fourth-order valence-corrected chi connectivity index (χ4v) is 3.50. The second kappa shape index (κ2) is 6.17. The number of hydrogen-bond acceptors (Lipinski definition) is 5. The first-order valence-corrected chi connectivity index (χ1v) is 8.65. The van der Waals surface area contributed by atoms with Crippen molar-refractivity contribution in [2.75, 3.05) is 37.3 Å². The van der Waals surface area contributed by atoms with Crippen LogP contribution in [0, 0.1) is 10.1 Å². The van der Waals surface area contributed by atoms with E-state index in [0.717, 1.165) is 0 Å². The molecule has 0 unspecified atom stereocenters. The molecule has 0 aromatic heterocycles. The smallest absolute Gasteiger partial charge is 0.271 e. The molecule has 9 heteroatoms. The standard InChI is InChI=1S/C12H16ClN3O4S/c1-21(19,20)15-6-2-5-14(7-8-15)12-4-3-10(16(17)18)9-11(12)13/h3-4,9H,2,5-8H2,1H3. The Hall–Kier alpha value is -1.38. The Morgan fingerprint density at radius 2 is 1.95 bits per heavy atom. The minimum Gasteiger partial charge on any atom is -0.369 e. The van der Waals surface area contributed by atoms with E-state index < -0.39 is 14.9 Å². The first kappa shape index (κ1) is 16.0. The van der Waals surface area contributed by atoms with Gasteiger partial charge in [-0.05, 0) is 12.5 Å². The van der Waals surface area contributed by atoms with E-state index in [9.17, 15) is 18.5 Å². The number of non-ortho nitro benzene ring substituents is 1. The summed E-state index contributed by atoms with van der Waals surface area (Å²) in [5.41, 5.74) is 0.633. The van der Waals surface area contributed by atoms with Gasteiger partial charge in [0.1, 0.15) is 0 Å². The first-order valence-electron chi connectivity index (χ1n) is 6.43. The monoisotopic (exact) mass is 333 g/mol. The molecule has 116 valence electrons. The maximum Gasteiger partial charge on any atom is 0.271 e. The Morgan fingerprint density at radius 3 is 2.52 bits per heavy atom. The highest BCUT2D eigenvalue weighted by atomic mass is 35.5. The van der Waals surface area contributed by atoms with E-state index in [0.29, 0.717) is 43.3 Å². The van der Waals surface area contributed by atoms with Gasteiger partial charge in [-0.15, -0.1) is 0 Å². The molecule has 1 fully saturated rings. The van der Waals surface area contributed by atoms with E-state index in [1.54, 1.807) is 6.07 Å². The van der Waals surface area contributed by atoms with Crippen molar-refractivity contribution in [3.8, 4) is 0 Å². The third kappa shape index (κ3) is 3.84. The van der Waals surface area contributed by atoms with E-state index in [1.165, 1.54) is 22.7 Å². The number of rotatable bonds is 3. The molecule has 7 nitrogen and oxygen atoms in total. The van der Waals surface area contributed by atoms with Crippen LogP contribution in [0.25, 0.3) is 0 Å². The van der Waals surface area contributed by atoms with Crippen molar-refractivity contribution in [3.63, 3.8) is 0 Å². The zero-order valence-corrected chi connectivity index (χ0v) is 13.1. The van der Waals surface area contributed by atoms with Crippen LogP contribution in [0.1, 0.15) is 6.42 Å². The number of nitro groups is 1. The van der Waals surface area contributed by atoms with Gasteiger partial charge >= 0.3 is 0 Å². The molecule has 0 atom stereocenters. The summed E-state index contributed by atoms with van der Waals surface area (Å²) in [5.74, 6) is 0. The molecule has 2 rings (SSSR count). The topological polar surface area (TPSA) is 83.8 Å². The Labute approximate surface area is 128 Å². The summed E-state index contributed by atoms with van der Waals surface area (Å²) in [6, 6.07) is 4.33. The minimum absolute atomic E-state index is 0.0589. The highest BCUT2D eigenvalue weighted by molar-refractivity contribution is 7.88. The molecule has 1 aromatic rings. The van der Waals surface area contributed by atoms with E-state index in [4.69, 9.17) is 11.6 Å². The molecule has 0 bridgehead atoms. The number of anilines is 1. The summed E-state index contributed by atoms with van der Waals surface area (Å²) < 4.78 is 24.6. The SMILES string of the molecule is CS(=O)(=O)N1CCCN(c2ccc([N+](=O)[O-])cc2Cl)CC1. The second-order valence-corrected chi connectivity index (χ2v) is 7.29. The van der Waals surface area contributed by atoms with Crippen molar-refractivity contribution in [2.24, 2.45) is 0 Å². The van der Waals surface area contributed by atoms with Gasteiger partial charge in [-0.1, -0.05) is 11.6 Å². The Morgan fingerprint density at radius 1 is 1.24 bits per heavy atom. The summed E-state index contributed by atoms with van der Waals surface area (Å²) in [4.78, 5) is 12.2. The van der Waals surface area contributed by atoms with Crippen LogP contribution in [0.5, 0.6) is 0 Å². The zero-order chi connectivity index (χ0) is 15.6. The zero-order valence-electron chi connectivity index (χ0n) is 11.5. The lowest BCUT2D eigenvalue weighted by Gasteiger charge is -2.24. The molecule has 1 aliphatic rings. The third-order valence-electron chi connectivity index (χ3n) is 3.41. The average Bonchev–Trinajstić information content (AvgIpc) is 2.63. The molecule has 0 spiro atoms. The van der Waals surface area contributed by atoms with Gasteiger partial charge in [-0.25, -0.2) is 12.7 Å². The lowest BCUT2D eigenvalue weighted by Crippen LogP contribution is -2.34. The second-order valence-electron chi connectivity index (χ2n) is 4.90. The third-order valence-corrected chi connectivity index (χ3v) is 5.01.